The van der Waals surface area contributed by atoms with Gasteiger partial charge < -0.3 is 10.2 Å². The molecule has 0 aromatic heterocycles. The normalized spacial score (nSPS) is 16.4. The first kappa shape index (κ1) is 22.3. The molecule has 0 aliphatic carbocycles. The topological polar surface area (TPSA) is 15.3 Å². The van der Waals surface area contributed by atoms with Crippen LogP contribution in [0.5, 0.6) is 0 Å². The van der Waals surface area contributed by atoms with E-state index in [1.165, 1.54) is 22.4 Å². The van der Waals surface area contributed by atoms with Gasteiger partial charge in [-0.3, -0.25) is 0 Å². The second-order valence-electron chi connectivity index (χ2n) is 7.33. The summed E-state index contributed by atoms with van der Waals surface area (Å²) in [6, 6.07) is 8.43. The van der Waals surface area contributed by atoms with Gasteiger partial charge in [0.15, 0.2) is 0 Å². The van der Waals surface area contributed by atoms with Crippen molar-refractivity contribution in [2.24, 2.45) is 0 Å². The predicted octanol–water partition coefficient (Wildman–Crippen LogP) is 6.33. The maximum atomic E-state index is 4.53. The molecule has 0 bridgehead atoms. The number of allylic oxidation sites excluding steroid dienone is 6. The lowest BCUT2D eigenvalue weighted by atomic mass is 9.87. The molecule has 1 aliphatic rings. The summed E-state index contributed by atoms with van der Waals surface area (Å²) in [5, 5.41) is 3.73. The lowest BCUT2D eigenvalue weighted by Gasteiger charge is -2.30. The van der Waals surface area contributed by atoms with Crippen LogP contribution >= 0.6 is 0 Å². The molecule has 1 N–H and O–H groups in total. The molecular weight excluding hydrogens is 352 g/mol. The number of hydrogen-bond acceptors (Lipinski definition) is 2. The molecule has 1 aromatic carbocycles. The van der Waals surface area contributed by atoms with Crippen molar-refractivity contribution in [2.75, 3.05) is 13.6 Å². The number of benzene rings is 1. The lowest BCUT2D eigenvalue weighted by molar-refractivity contribution is 0.454. The maximum absolute atomic E-state index is 4.53. The molecule has 0 saturated carbocycles. The highest BCUT2D eigenvalue weighted by Gasteiger charge is 2.21. The molecule has 0 radical (unpaired) electrons. The molecule has 1 aromatic rings. The Balaban J connectivity index is 2.46. The van der Waals surface area contributed by atoms with E-state index >= 15 is 0 Å². The van der Waals surface area contributed by atoms with Gasteiger partial charge in [0.05, 0.1) is 6.04 Å². The van der Waals surface area contributed by atoms with Crippen molar-refractivity contribution in [3.63, 3.8) is 0 Å². The molecule has 0 saturated heterocycles. The molecule has 152 valence electrons. The van der Waals surface area contributed by atoms with Crippen LogP contribution in [-0.4, -0.2) is 24.5 Å². The Bertz CT molecular complexity index is 906. The summed E-state index contributed by atoms with van der Waals surface area (Å²) in [7, 11) is 2.11. The Labute approximate surface area is 177 Å². The van der Waals surface area contributed by atoms with Crippen LogP contribution in [0.3, 0.4) is 0 Å². The van der Waals surface area contributed by atoms with Crippen molar-refractivity contribution in [3.8, 4) is 0 Å². The quantitative estimate of drug-likeness (QED) is 0.525. The van der Waals surface area contributed by atoms with Gasteiger partial charge in [-0.05, 0) is 67.7 Å². The zero-order valence-electron chi connectivity index (χ0n) is 18.5. The summed E-state index contributed by atoms with van der Waals surface area (Å²) in [6.07, 6.45) is 14.6. The fraction of sp³-hybridized carbons (Fsp3) is 0.259. The van der Waals surface area contributed by atoms with Gasteiger partial charge >= 0.3 is 0 Å². The second-order valence-corrected chi connectivity index (χ2v) is 7.33. The average molecular weight is 387 g/mol. The highest BCUT2D eigenvalue weighted by Crippen LogP contribution is 2.30. The number of aryl methyl sites for hydroxylation is 1. The summed E-state index contributed by atoms with van der Waals surface area (Å²) in [5.41, 5.74) is 8.22. The van der Waals surface area contributed by atoms with Crippen LogP contribution in [0.25, 0.3) is 5.57 Å². The van der Waals surface area contributed by atoms with Gasteiger partial charge in [-0.1, -0.05) is 67.8 Å². The smallest absolute Gasteiger partial charge is 0.0764 e. The van der Waals surface area contributed by atoms with E-state index in [0.29, 0.717) is 0 Å². The van der Waals surface area contributed by atoms with Gasteiger partial charge in [-0.2, -0.15) is 0 Å². The second kappa shape index (κ2) is 10.5. The third kappa shape index (κ3) is 5.51. The van der Waals surface area contributed by atoms with E-state index in [0.717, 1.165) is 23.4 Å². The summed E-state index contributed by atoms with van der Waals surface area (Å²) in [4.78, 5) is 2.23. The van der Waals surface area contributed by atoms with Crippen LogP contribution in [0.2, 0.25) is 0 Å². The zero-order chi connectivity index (χ0) is 21.4. The van der Waals surface area contributed by atoms with Crippen molar-refractivity contribution in [3.05, 3.63) is 114 Å². The highest BCUT2D eigenvalue weighted by molar-refractivity contribution is 5.82. The minimum absolute atomic E-state index is 0.0410. The maximum Gasteiger partial charge on any atom is 0.0764 e. The van der Waals surface area contributed by atoms with Crippen LogP contribution in [0.15, 0.2) is 102 Å². The molecule has 2 nitrogen and oxygen atoms in total. The standard InChI is InChI=1S/C27H34N2/c1-8-11-15-23(9-2)27(28-24-17-18-29(7)21(5)19-24)22(6)25(10-3)26-16-13-12-14-20(26)4/h8-17,19,27-28H,1,6,18H2,2-5,7H3/b15-11-,23-9+,25-10-. The van der Waals surface area contributed by atoms with Crippen molar-refractivity contribution >= 4 is 5.57 Å². The van der Waals surface area contributed by atoms with Crippen LogP contribution in [0, 0.1) is 6.92 Å². The molecule has 1 atom stereocenters. The Morgan fingerprint density at radius 1 is 1.17 bits per heavy atom. The zero-order valence-corrected chi connectivity index (χ0v) is 18.5. The van der Waals surface area contributed by atoms with Crippen molar-refractivity contribution in [2.45, 2.75) is 33.7 Å². The predicted molar refractivity (Wildman–Crippen MR) is 128 cm³/mol. The number of nitrogens with one attached hydrogen (secondary N) is 1. The third-order valence-corrected chi connectivity index (χ3v) is 5.37. The van der Waals surface area contributed by atoms with Crippen molar-refractivity contribution in [1.29, 1.82) is 0 Å². The first-order valence-electron chi connectivity index (χ1n) is 10.2. The van der Waals surface area contributed by atoms with E-state index in [4.69, 9.17) is 0 Å². The molecule has 0 spiro atoms. The average Bonchev–Trinajstić information content (AvgIpc) is 2.72. The van der Waals surface area contributed by atoms with E-state index in [1.54, 1.807) is 6.08 Å². The van der Waals surface area contributed by atoms with Gasteiger partial charge in [0.25, 0.3) is 0 Å². The molecular formula is C27H34N2. The number of rotatable bonds is 8. The number of likely N-dealkylation sites (N-methyl/N-ethyl adjacent to an activating group) is 1. The first-order chi connectivity index (χ1) is 13.9. The summed E-state index contributed by atoms with van der Waals surface area (Å²) < 4.78 is 0. The van der Waals surface area contributed by atoms with Crippen LogP contribution < -0.4 is 5.32 Å². The molecule has 29 heavy (non-hydrogen) atoms. The SMILES string of the molecule is C=C/C=C\C(=C/C)C(NC1=CCN(C)C(C)=C1)C(=C)/C(=C/C)c1ccccc1C. The molecule has 0 amide bonds. The Hall–Kier alpha value is -3.00. The van der Waals surface area contributed by atoms with Gasteiger partial charge in [-0.15, -0.1) is 0 Å². The Morgan fingerprint density at radius 3 is 2.48 bits per heavy atom. The van der Waals surface area contributed by atoms with E-state index < -0.39 is 0 Å². The molecule has 1 heterocycles. The monoisotopic (exact) mass is 386 g/mol. The van der Waals surface area contributed by atoms with Crippen molar-refractivity contribution in [1.82, 2.24) is 10.2 Å². The summed E-state index contributed by atoms with van der Waals surface area (Å²) in [5.74, 6) is 0. The van der Waals surface area contributed by atoms with Gasteiger partial charge in [0.2, 0.25) is 0 Å². The van der Waals surface area contributed by atoms with Gasteiger partial charge in [0, 0.05) is 25.0 Å². The molecule has 1 aliphatic heterocycles. The molecule has 0 fully saturated rings. The minimum Gasteiger partial charge on any atom is -0.374 e. The van der Waals surface area contributed by atoms with Crippen LogP contribution in [0.4, 0.5) is 0 Å². The van der Waals surface area contributed by atoms with E-state index in [2.05, 4.69) is 113 Å². The Morgan fingerprint density at radius 2 is 1.90 bits per heavy atom. The van der Waals surface area contributed by atoms with Gasteiger partial charge in [0.1, 0.15) is 0 Å². The molecule has 1 unspecified atom stereocenters. The van der Waals surface area contributed by atoms with Crippen LogP contribution in [-0.2, 0) is 0 Å². The van der Waals surface area contributed by atoms with E-state index in [1.807, 2.05) is 6.08 Å². The Kier molecular flexibility index (Phi) is 8.09. The van der Waals surface area contributed by atoms with Gasteiger partial charge in [-0.25, -0.2) is 0 Å². The number of nitrogens with zero attached hydrogens (tertiary/aromatic N) is 1. The fourth-order valence-corrected chi connectivity index (χ4v) is 3.50. The van der Waals surface area contributed by atoms with E-state index in [-0.39, 0.29) is 6.04 Å². The first-order valence-corrected chi connectivity index (χ1v) is 10.2. The molecule has 2 rings (SSSR count). The highest BCUT2D eigenvalue weighted by atomic mass is 15.1. The third-order valence-electron chi connectivity index (χ3n) is 5.37. The lowest BCUT2D eigenvalue weighted by Crippen LogP contribution is -2.34. The fourth-order valence-electron chi connectivity index (χ4n) is 3.50. The van der Waals surface area contributed by atoms with E-state index in [9.17, 15) is 0 Å². The largest absolute Gasteiger partial charge is 0.374 e. The summed E-state index contributed by atoms with van der Waals surface area (Å²) in [6.45, 7) is 17.7. The minimum atomic E-state index is -0.0410. The summed E-state index contributed by atoms with van der Waals surface area (Å²) >= 11 is 0. The number of hydrogen-bond donors (Lipinski definition) is 1. The van der Waals surface area contributed by atoms with Crippen LogP contribution in [0.1, 0.15) is 31.9 Å². The molecule has 2 heteroatoms. The van der Waals surface area contributed by atoms with Crippen molar-refractivity contribution < 1.29 is 0 Å².